The molecule has 1 aromatic carbocycles. The molecule has 11 nitrogen and oxygen atoms in total. The Morgan fingerprint density at radius 2 is 1.68 bits per heavy atom. The van der Waals surface area contributed by atoms with Gasteiger partial charge in [-0.25, -0.2) is 0 Å². The number of benzene rings is 1. The molecular weight excluding hydrogens is 393 g/mol. The maximum absolute atomic E-state index is 13.0. The number of amides is 1. The van der Waals surface area contributed by atoms with Gasteiger partial charge in [0.15, 0.2) is 0 Å². The summed E-state index contributed by atoms with van der Waals surface area (Å²) >= 11 is 0. The fourth-order valence-corrected chi connectivity index (χ4v) is 4.42. The van der Waals surface area contributed by atoms with Crippen LogP contribution in [0.5, 0.6) is 0 Å². The molecule has 0 aliphatic heterocycles. The number of nitrogens with one attached hydrogen (secondary N) is 1. The lowest BCUT2D eigenvalue weighted by Crippen LogP contribution is -2.45. The maximum Gasteiger partial charge on any atom is 0.352 e. The molecule has 0 aromatic heterocycles. The first-order valence-electron chi connectivity index (χ1n) is 7.98. The van der Waals surface area contributed by atoms with E-state index in [2.05, 4.69) is 11.9 Å². The summed E-state index contributed by atoms with van der Waals surface area (Å²) in [5.74, 6) is -2.05. The van der Waals surface area contributed by atoms with Gasteiger partial charge in [0.25, 0.3) is 17.3 Å². The number of nitrogens with zero attached hydrogens (tertiary/aromatic N) is 2. The van der Waals surface area contributed by atoms with Crippen LogP contribution >= 0.6 is 7.60 Å². The average Bonchev–Trinajstić information content (AvgIpc) is 2.64. The van der Waals surface area contributed by atoms with Gasteiger partial charge in [-0.05, 0) is 6.42 Å². The third-order valence-corrected chi connectivity index (χ3v) is 6.57. The third-order valence-electron chi connectivity index (χ3n) is 4.09. The smallest absolute Gasteiger partial charge is 0.337 e. The van der Waals surface area contributed by atoms with Crippen LogP contribution in [0.1, 0.15) is 30.6 Å². The van der Waals surface area contributed by atoms with E-state index in [0.717, 1.165) is 32.4 Å². The number of hydrogen-bond donors (Lipinski definition) is 1. The highest BCUT2D eigenvalue weighted by Gasteiger charge is 2.45. The Morgan fingerprint density at radius 3 is 2.04 bits per heavy atom. The largest absolute Gasteiger partial charge is 0.352 e. The molecule has 0 saturated heterocycles. The molecule has 0 saturated carbocycles. The lowest BCUT2D eigenvalue weighted by Gasteiger charge is -2.37. The molecule has 1 amide bonds. The highest BCUT2D eigenvalue weighted by molar-refractivity contribution is 7.54. The summed E-state index contributed by atoms with van der Waals surface area (Å²) in [5.41, 5.74) is -2.42. The second-order valence-corrected chi connectivity index (χ2v) is 8.84. The van der Waals surface area contributed by atoms with E-state index in [1.165, 1.54) is 0 Å². The van der Waals surface area contributed by atoms with Crippen LogP contribution in [0, 0.1) is 25.6 Å². The molecule has 0 heterocycles. The monoisotopic (exact) mass is 415 g/mol. The normalized spacial score (nSPS) is 12.9. The Balaban J connectivity index is 3.43. The summed E-state index contributed by atoms with van der Waals surface area (Å²) in [5, 5.41) is 24.5. The van der Waals surface area contributed by atoms with E-state index in [1.54, 1.807) is 19.9 Å². The first-order chi connectivity index (χ1) is 12.9. The molecule has 0 radical (unpaired) electrons. The van der Waals surface area contributed by atoms with Crippen LogP contribution in [0.2, 0.25) is 0 Å². The van der Waals surface area contributed by atoms with Gasteiger partial charge in [0.1, 0.15) is 5.78 Å². The summed E-state index contributed by atoms with van der Waals surface area (Å²) < 4.78 is 23.0. The van der Waals surface area contributed by atoms with Gasteiger partial charge in [0, 0.05) is 31.8 Å². The second-order valence-electron chi connectivity index (χ2n) is 6.51. The number of nitro groups is 2. The second kappa shape index (κ2) is 9.05. The number of rotatable bonds is 10. The van der Waals surface area contributed by atoms with Crippen molar-refractivity contribution >= 4 is 24.9 Å². The minimum atomic E-state index is -3.83. The van der Waals surface area contributed by atoms with Gasteiger partial charge in [0.05, 0.1) is 21.5 Å². The fourth-order valence-electron chi connectivity index (χ4n) is 2.62. The highest BCUT2D eigenvalue weighted by atomic mass is 31.2. The summed E-state index contributed by atoms with van der Waals surface area (Å²) in [4.78, 5) is 33.1. The highest BCUT2D eigenvalue weighted by Crippen LogP contribution is 2.57. The van der Waals surface area contributed by atoms with Crippen molar-refractivity contribution in [3.8, 4) is 0 Å². The average molecular weight is 415 g/mol. The van der Waals surface area contributed by atoms with Crippen LogP contribution in [0.15, 0.2) is 30.9 Å². The van der Waals surface area contributed by atoms with Crippen molar-refractivity contribution in [3.63, 3.8) is 0 Å². The Hall–Kier alpha value is -2.62. The third kappa shape index (κ3) is 5.22. The molecule has 1 aromatic rings. The molecule has 0 aliphatic carbocycles. The molecule has 1 atom stereocenters. The summed E-state index contributed by atoms with van der Waals surface area (Å²) in [7, 11) is -1.51. The van der Waals surface area contributed by atoms with Gasteiger partial charge in [-0.2, -0.15) is 0 Å². The minimum absolute atomic E-state index is 0.323. The Bertz CT molecular complexity index is 799. The van der Waals surface area contributed by atoms with Gasteiger partial charge >= 0.3 is 7.60 Å². The fraction of sp³-hybridized carbons (Fsp3) is 0.438. The molecule has 0 bridgehead atoms. The van der Waals surface area contributed by atoms with Crippen molar-refractivity contribution in [3.05, 3.63) is 56.6 Å². The van der Waals surface area contributed by atoms with Crippen molar-refractivity contribution in [1.82, 2.24) is 5.32 Å². The van der Waals surface area contributed by atoms with Gasteiger partial charge in [0.2, 0.25) is 0 Å². The van der Waals surface area contributed by atoms with Crippen molar-refractivity contribution in [2.75, 3.05) is 14.2 Å². The van der Waals surface area contributed by atoms with Crippen LogP contribution in [-0.4, -0.2) is 35.8 Å². The summed E-state index contributed by atoms with van der Waals surface area (Å²) in [6.45, 7) is 7.02. The predicted octanol–water partition coefficient (Wildman–Crippen LogP) is 3.65. The van der Waals surface area contributed by atoms with Crippen molar-refractivity contribution in [1.29, 1.82) is 0 Å². The van der Waals surface area contributed by atoms with E-state index >= 15 is 0 Å². The Labute approximate surface area is 161 Å². The first-order valence-corrected chi connectivity index (χ1v) is 9.60. The number of carbonyl (C=O) groups is 1. The van der Waals surface area contributed by atoms with Crippen molar-refractivity contribution in [2.24, 2.45) is 5.41 Å². The standard InChI is InChI=1S/C16H22N3O8P/c1-6-7-16(2,3)15(28(25,26-4)27-5)17-14(20)11-8-12(18(21)22)10-13(9-11)19(23)24/h6,8-10,15H,1,7H2,2-5H3,(H,17,20). The van der Waals surface area contributed by atoms with E-state index in [0.29, 0.717) is 6.42 Å². The molecule has 1 rings (SSSR count). The van der Waals surface area contributed by atoms with E-state index in [9.17, 15) is 29.6 Å². The Morgan fingerprint density at radius 1 is 1.21 bits per heavy atom. The number of nitro benzene ring substituents is 2. The molecule has 0 fully saturated rings. The molecule has 1 N–H and O–H groups in total. The first kappa shape index (κ1) is 23.4. The van der Waals surface area contributed by atoms with Crippen LogP contribution < -0.4 is 5.32 Å². The van der Waals surface area contributed by atoms with Gasteiger partial charge in [-0.1, -0.05) is 19.9 Å². The van der Waals surface area contributed by atoms with Gasteiger partial charge in [-0.15, -0.1) is 6.58 Å². The van der Waals surface area contributed by atoms with Crippen LogP contribution in [0.4, 0.5) is 11.4 Å². The molecule has 12 heteroatoms. The number of carbonyl (C=O) groups excluding carboxylic acids is 1. The number of non-ortho nitro benzene ring substituents is 2. The molecule has 1 unspecified atom stereocenters. The lowest BCUT2D eigenvalue weighted by molar-refractivity contribution is -0.394. The molecule has 0 spiro atoms. The molecule has 0 aliphatic rings. The zero-order valence-corrected chi connectivity index (χ0v) is 16.8. The van der Waals surface area contributed by atoms with Crippen molar-refractivity contribution in [2.45, 2.75) is 26.1 Å². The molecule has 154 valence electrons. The number of allylic oxidation sites excluding steroid dienone is 1. The number of hydrogen-bond acceptors (Lipinski definition) is 8. The zero-order valence-electron chi connectivity index (χ0n) is 15.9. The predicted molar refractivity (Wildman–Crippen MR) is 101 cm³/mol. The van der Waals surface area contributed by atoms with Crippen LogP contribution in [0.25, 0.3) is 0 Å². The Kier molecular flexibility index (Phi) is 7.57. The van der Waals surface area contributed by atoms with Crippen LogP contribution in [0.3, 0.4) is 0 Å². The van der Waals surface area contributed by atoms with E-state index in [-0.39, 0.29) is 5.56 Å². The van der Waals surface area contributed by atoms with Crippen molar-refractivity contribution < 1.29 is 28.3 Å². The summed E-state index contributed by atoms with van der Waals surface area (Å²) in [6.07, 6.45) is 1.89. The van der Waals surface area contributed by atoms with Crippen LogP contribution in [-0.2, 0) is 13.6 Å². The topological polar surface area (TPSA) is 151 Å². The quantitative estimate of drug-likeness (QED) is 0.263. The molecular formula is C16H22N3O8P. The minimum Gasteiger partial charge on any atom is -0.337 e. The van der Waals surface area contributed by atoms with Gasteiger partial charge in [-0.3, -0.25) is 29.6 Å². The van der Waals surface area contributed by atoms with Gasteiger partial charge < -0.3 is 14.4 Å². The van der Waals surface area contributed by atoms with E-state index in [1.807, 2.05) is 0 Å². The van der Waals surface area contributed by atoms with E-state index in [4.69, 9.17) is 9.05 Å². The zero-order chi connectivity index (χ0) is 21.7. The lowest BCUT2D eigenvalue weighted by atomic mass is 9.88. The maximum atomic E-state index is 13.0. The van der Waals surface area contributed by atoms with E-state index < -0.39 is 45.9 Å². The summed E-state index contributed by atoms with van der Waals surface area (Å²) in [6, 6.07) is 2.53. The molecule has 28 heavy (non-hydrogen) atoms. The SMILES string of the molecule is C=CCC(C)(C)C(NC(=O)c1cc([N+](=O)[O-])cc([N+](=O)[O-])c1)P(=O)(OC)OC.